The van der Waals surface area contributed by atoms with E-state index in [9.17, 15) is 0 Å². The van der Waals surface area contributed by atoms with E-state index >= 15 is 0 Å². The van der Waals surface area contributed by atoms with Gasteiger partial charge >= 0.3 is 21.7 Å². The van der Waals surface area contributed by atoms with Crippen LogP contribution in [0, 0.1) is 20.8 Å². The average molecular weight is 298 g/mol. The van der Waals surface area contributed by atoms with Crippen LogP contribution >= 0.6 is 0 Å². The summed E-state index contributed by atoms with van der Waals surface area (Å²) in [5, 5.41) is 0. The van der Waals surface area contributed by atoms with Crippen molar-refractivity contribution in [3.8, 4) is 0 Å². The van der Waals surface area contributed by atoms with Gasteiger partial charge in [0.05, 0.1) is 0 Å². The van der Waals surface area contributed by atoms with Crippen LogP contribution in [0.3, 0.4) is 0 Å². The molecule has 92 valence electrons. The largest absolute Gasteiger partial charge is 4.00 e. The first-order valence-electron chi connectivity index (χ1n) is 4.66. The number of nitrogens with one attached hydrogen (secondary N) is 1. The number of aryl methyl sites for hydroxylation is 2. The minimum atomic E-state index is -0.250. The van der Waals surface area contributed by atoms with Crippen molar-refractivity contribution in [1.82, 2.24) is 0 Å². The summed E-state index contributed by atoms with van der Waals surface area (Å²) in [6.45, 7) is 12.0. The normalized spacial score (nSPS) is 8.69. The molecular formula is C12H21Cl2NTi. The summed E-state index contributed by atoms with van der Waals surface area (Å²) in [7, 11) is 0. The van der Waals surface area contributed by atoms with Crippen LogP contribution in [0.15, 0.2) is 12.1 Å². The van der Waals surface area contributed by atoms with Crippen molar-refractivity contribution in [3.63, 3.8) is 0 Å². The second kappa shape index (κ2) is 10.7. The molecule has 0 bridgehead atoms. The van der Waals surface area contributed by atoms with Crippen molar-refractivity contribution in [3.05, 3.63) is 34.6 Å². The van der Waals surface area contributed by atoms with E-state index in [1.54, 1.807) is 0 Å². The number of rotatable bonds is 0. The van der Waals surface area contributed by atoms with Crippen molar-refractivity contribution in [2.45, 2.75) is 47.1 Å². The smallest absolute Gasteiger partial charge is 1.00 e. The molecule has 0 aromatic heterocycles. The van der Waals surface area contributed by atoms with Gasteiger partial charge in [-0.1, -0.05) is 41.5 Å². The summed E-state index contributed by atoms with van der Waals surface area (Å²) in [5.74, 6) is 0. The monoisotopic (exact) mass is 297 g/mol. The van der Waals surface area contributed by atoms with Crippen LogP contribution in [0.1, 0.15) is 37.5 Å². The van der Waals surface area contributed by atoms with Gasteiger partial charge in [-0.2, -0.15) is 28.8 Å². The Morgan fingerprint density at radius 3 is 1.44 bits per heavy atom. The molecule has 0 atom stereocenters. The van der Waals surface area contributed by atoms with Gasteiger partial charge < -0.3 is 30.5 Å². The molecule has 1 aromatic carbocycles. The van der Waals surface area contributed by atoms with Crippen molar-refractivity contribution < 1.29 is 46.5 Å². The van der Waals surface area contributed by atoms with E-state index in [4.69, 9.17) is 5.73 Å². The zero-order valence-electron chi connectivity index (χ0n) is 10.9. The van der Waals surface area contributed by atoms with E-state index in [0.717, 1.165) is 0 Å². The average Bonchev–Trinajstić information content (AvgIpc) is 2.16. The predicted molar refractivity (Wildman–Crippen MR) is 60.3 cm³/mol. The van der Waals surface area contributed by atoms with Crippen molar-refractivity contribution in [2.75, 3.05) is 0 Å². The van der Waals surface area contributed by atoms with Crippen LogP contribution in [0.4, 0.5) is 0 Å². The molecule has 0 saturated heterocycles. The molecule has 1 N–H and O–H groups in total. The molecule has 0 fully saturated rings. The second-order valence-electron chi connectivity index (χ2n) is 4.57. The topological polar surface area (TPSA) is 23.8 Å². The summed E-state index contributed by atoms with van der Waals surface area (Å²) >= 11 is 0. The molecule has 0 unspecified atom stereocenters. The Hall–Kier alpha value is 0.604. The van der Waals surface area contributed by atoms with Gasteiger partial charge in [-0.15, -0.1) is 5.54 Å². The summed E-state index contributed by atoms with van der Waals surface area (Å²) in [5.41, 5.74) is 10.9. The van der Waals surface area contributed by atoms with E-state index in [2.05, 4.69) is 32.9 Å². The van der Waals surface area contributed by atoms with Gasteiger partial charge in [-0.3, -0.25) is 0 Å². The molecule has 16 heavy (non-hydrogen) atoms. The van der Waals surface area contributed by atoms with Gasteiger partial charge in [-0.25, -0.2) is 0 Å². The molecule has 0 aliphatic carbocycles. The molecule has 0 aliphatic heterocycles. The fourth-order valence-electron chi connectivity index (χ4n) is 0.811. The Balaban J connectivity index is -0.0000000818. The third-order valence-electron chi connectivity index (χ3n) is 1.77. The Morgan fingerprint density at radius 2 is 1.38 bits per heavy atom. The Morgan fingerprint density at radius 1 is 1.06 bits per heavy atom. The fourth-order valence-corrected chi connectivity index (χ4v) is 0.811. The van der Waals surface area contributed by atoms with Crippen LogP contribution < -0.4 is 24.8 Å². The Bertz CT molecular complexity index is 239. The molecule has 0 saturated carbocycles. The summed E-state index contributed by atoms with van der Waals surface area (Å²) in [4.78, 5) is 0. The van der Waals surface area contributed by atoms with Crippen LogP contribution in [0.25, 0.3) is 5.73 Å². The first-order valence-corrected chi connectivity index (χ1v) is 4.66. The third-order valence-corrected chi connectivity index (χ3v) is 1.77. The maximum absolute atomic E-state index is 6.94. The quantitative estimate of drug-likeness (QED) is 0.398. The Labute approximate surface area is 128 Å². The van der Waals surface area contributed by atoms with E-state index in [-0.39, 0.29) is 52.1 Å². The first-order chi connectivity index (χ1) is 5.72. The summed E-state index contributed by atoms with van der Waals surface area (Å²) < 4.78 is 0. The molecule has 0 amide bonds. The third kappa shape index (κ3) is 14.6. The SMILES string of the molecule is CC(C)(C)[NH-].Cc1c[cH-]c(C)c1C.[Cl-].[Cl-].[Ti+4]. The zero-order valence-corrected chi connectivity index (χ0v) is 14.0. The fraction of sp³-hybridized carbons (Fsp3) is 0.583. The van der Waals surface area contributed by atoms with Crippen LogP contribution in [-0.4, -0.2) is 5.54 Å². The molecule has 0 aliphatic rings. The van der Waals surface area contributed by atoms with Crippen LogP contribution in [0.5, 0.6) is 0 Å². The van der Waals surface area contributed by atoms with Crippen molar-refractivity contribution in [2.24, 2.45) is 0 Å². The van der Waals surface area contributed by atoms with Crippen LogP contribution in [-0.2, 0) is 21.7 Å². The summed E-state index contributed by atoms with van der Waals surface area (Å²) in [6, 6.07) is 4.31. The first kappa shape index (κ1) is 25.4. The van der Waals surface area contributed by atoms with Gasteiger partial charge in [0.25, 0.3) is 0 Å². The molecule has 4 heteroatoms. The van der Waals surface area contributed by atoms with Gasteiger partial charge in [0.1, 0.15) is 0 Å². The molecule has 1 rings (SSSR count). The van der Waals surface area contributed by atoms with Crippen molar-refractivity contribution in [1.29, 1.82) is 0 Å². The number of halogens is 2. The zero-order chi connectivity index (χ0) is 10.6. The standard InChI is InChI=1S/C8H11.C4H10N.2ClH.Ti/c1-6-4-5-7(2)8(6)3;1-4(2,3)5;;;/h4-5H,1-3H3;5H,1-3H3;2*1H;/q2*-1;;;+4/p-2. The van der Waals surface area contributed by atoms with Gasteiger partial charge in [-0.05, 0) is 0 Å². The molecule has 1 aromatic rings. The maximum Gasteiger partial charge on any atom is 4.00 e. The maximum atomic E-state index is 6.94. The van der Waals surface area contributed by atoms with E-state index < -0.39 is 0 Å². The Kier molecular flexibility index (Phi) is 17.1. The van der Waals surface area contributed by atoms with Crippen LogP contribution in [0.2, 0.25) is 0 Å². The molecule has 0 heterocycles. The minimum Gasteiger partial charge on any atom is -1.00 e. The minimum absolute atomic E-state index is 0. The van der Waals surface area contributed by atoms with Crippen molar-refractivity contribution >= 4 is 0 Å². The summed E-state index contributed by atoms with van der Waals surface area (Å²) in [6.07, 6.45) is 0. The van der Waals surface area contributed by atoms with Gasteiger partial charge in [0.2, 0.25) is 0 Å². The van der Waals surface area contributed by atoms with E-state index in [1.165, 1.54) is 16.7 Å². The number of hydrogen-bond donors (Lipinski definition) is 0. The molecular weight excluding hydrogens is 277 g/mol. The molecule has 0 radical (unpaired) electrons. The molecule has 1 nitrogen and oxygen atoms in total. The number of hydrogen-bond acceptors (Lipinski definition) is 0. The van der Waals surface area contributed by atoms with Gasteiger partial charge in [0.15, 0.2) is 0 Å². The molecule has 0 spiro atoms. The predicted octanol–water partition coefficient (Wildman–Crippen LogP) is -1.83. The van der Waals surface area contributed by atoms with E-state index in [0.29, 0.717) is 0 Å². The van der Waals surface area contributed by atoms with E-state index in [1.807, 2.05) is 20.8 Å². The second-order valence-corrected chi connectivity index (χ2v) is 4.57. The van der Waals surface area contributed by atoms with Gasteiger partial charge in [0, 0.05) is 0 Å².